The van der Waals surface area contributed by atoms with E-state index in [0.29, 0.717) is 12.1 Å². The van der Waals surface area contributed by atoms with Crippen LogP contribution >= 0.6 is 0 Å². The fourth-order valence-electron chi connectivity index (χ4n) is 3.27. The SMILES string of the molecule is CCCC(C)NCC(C)N1CC(C)Cc2ccccc21. The van der Waals surface area contributed by atoms with Crippen molar-refractivity contribution in [2.24, 2.45) is 5.92 Å². The summed E-state index contributed by atoms with van der Waals surface area (Å²) in [5.41, 5.74) is 2.96. The second kappa shape index (κ2) is 7.12. The second-order valence-corrected chi connectivity index (χ2v) is 6.54. The Kier molecular flexibility index (Phi) is 5.47. The Morgan fingerprint density at radius 3 is 2.80 bits per heavy atom. The lowest BCUT2D eigenvalue weighted by Crippen LogP contribution is -2.46. The van der Waals surface area contributed by atoms with Crippen molar-refractivity contribution in [2.75, 3.05) is 18.0 Å². The maximum Gasteiger partial charge on any atom is 0.0401 e. The molecule has 0 fully saturated rings. The maximum atomic E-state index is 3.68. The summed E-state index contributed by atoms with van der Waals surface area (Å²) in [5.74, 6) is 0.750. The van der Waals surface area contributed by atoms with E-state index in [9.17, 15) is 0 Å². The molecule has 1 aromatic rings. The van der Waals surface area contributed by atoms with Crippen LogP contribution in [-0.4, -0.2) is 25.2 Å². The Morgan fingerprint density at radius 1 is 1.30 bits per heavy atom. The number of nitrogens with zero attached hydrogens (tertiary/aromatic N) is 1. The van der Waals surface area contributed by atoms with E-state index < -0.39 is 0 Å². The average Bonchev–Trinajstić information content (AvgIpc) is 2.44. The van der Waals surface area contributed by atoms with E-state index in [4.69, 9.17) is 0 Å². The molecule has 1 N–H and O–H groups in total. The first-order chi connectivity index (χ1) is 9.61. The molecule has 112 valence electrons. The Bertz CT molecular complexity index is 416. The lowest BCUT2D eigenvalue weighted by molar-refractivity contribution is 0.443. The van der Waals surface area contributed by atoms with Crippen molar-refractivity contribution in [3.63, 3.8) is 0 Å². The van der Waals surface area contributed by atoms with Crippen LogP contribution in [0.5, 0.6) is 0 Å². The maximum absolute atomic E-state index is 3.68. The Hall–Kier alpha value is -1.02. The molecule has 0 aromatic heterocycles. The van der Waals surface area contributed by atoms with Crippen LogP contribution < -0.4 is 10.2 Å². The minimum absolute atomic E-state index is 0.554. The first kappa shape index (κ1) is 15.4. The number of hydrogen-bond acceptors (Lipinski definition) is 2. The zero-order valence-corrected chi connectivity index (χ0v) is 13.5. The van der Waals surface area contributed by atoms with Crippen molar-refractivity contribution >= 4 is 5.69 Å². The van der Waals surface area contributed by atoms with Gasteiger partial charge in [-0.2, -0.15) is 0 Å². The van der Waals surface area contributed by atoms with Gasteiger partial charge in [-0.05, 0) is 44.2 Å². The number of nitrogens with one attached hydrogen (secondary N) is 1. The minimum Gasteiger partial charge on any atom is -0.367 e. The van der Waals surface area contributed by atoms with Crippen molar-refractivity contribution in [2.45, 2.75) is 59.0 Å². The third kappa shape index (κ3) is 3.76. The van der Waals surface area contributed by atoms with E-state index in [2.05, 4.69) is 62.2 Å². The molecular formula is C18H30N2. The molecule has 1 aromatic carbocycles. The molecule has 3 unspecified atom stereocenters. The van der Waals surface area contributed by atoms with Crippen molar-refractivity contribution in [3.05, 3.63) is 29.8 Å². The number of anilines is 1. The first-order valence-corrected chi connectivity index (χ1v) is 8.19. The van der Waals surface area contributed by atoms with Gasteiger partial charge in [0.15, 0.2) is 0 Å². The molecule has 1 aliphatic heterocycles. The van der Waals surface area contributed by atoms with Gasteiger partial charge in [-0.1, -0.05) is 38.5 Å². The molecule has 0 radical (unpaired) electrons. The molecule has 2 heteroatoms. The van der Waals surface area contributed by atoms with Crippen LogP contribution in [0.15, 0.2) is 24.3 Å². The van der Waals surface area contributed by atoms with E-state index in [1.165, 1.54) is 37.1 Å². The van der Waals surface area contributed by atoms with Gasteiger partial charge in [-0.15, -0.1) is 0 Å². The molecule has 0 bridgehead atoms. The zero-order valence-electron chi connectivity index (χ0n) is 13.5. The molecule has 2 rings (SSSR count). The van der Waals surface area contributed by atoms with Crippen LogP contribution in [0, 0.1) is 5.92 Å². The summed E-state index contributed by atoms with van der Waals surface area (Å²) in [6, 6.07) is 10.1. The van der Waals surface area contributed by atoms with E-state index in [0.717, 1.165) is 12.5 Å². The second-order valence-electron chi connectivity index (χ2n) is 6.54. The molecule has 0 saturated carbocycles. The van der Waals surface area contributed by atoms with Crippen LogP contribution in [0.2, 0.25) is 0 Å². The fraction of sp³-hybridized carbons (Fsp3) is 0.667. The van der Waals surface area contributed by atoms with E-state index in [1.54, 1.807) is 0 Å². The molecule has 0 aliphatic carbocycles. The third-order valence-electron chi connectivity index (χ3n) is 4.39. The standard InChI is InChI=1S/C18H30N2/c1-5-8-15(3)19-12-16(4)20-13-14(2)11-17-9-6-7-10-18(17)20/h6-7,9-10,14-16,19H,5,8,11-13H2,1-4H3. The highest BCUT2D eigenvalue weighted by molar-refractivity contribution is 5.56. The monoisotopic (exact) mass is 274 g/mol. The van der Waals surface area contributed by atoms with Crippen molar-refractivity contribution < 1.29 is 0 Å². The molecule has 0 saturated heterocycles. The third-order valence-corrected chi connectivity index (χ3v) is 4.39. The molecule has 3 atom stereocenters. The number of rotatable bonds is 6. The van der Waals surface area contributed by atoms with E-state index >= 15 is 0 Å². The summed E-state index contributed by atoms with van der Waals surface area (Å²) >= 11 is 0. The van der Waals surface area contributed by atoms with Gasteiger partial charge in [-0.25, -0.2) is 0 Å². The fourth-order valence-corrected chi connectivity index (χ4v) is 3.27. The highest BCUT2D eigenvalue weighted by Gasteiger charge is 2.24. The predicted molar refractivity (Wildman–Crippen MR) is 88.5 cm³/mol. The van der Waals surface area contributed by atoms with Crippen molar-refractivity contribution in [1.82, 2.24) is 5.32 Å². The highest BCUT2D eigenvalue weighted by atomic mass is 15.2. The normalized spacial score (nSPS) is 21.4. The summed E-state index contributed by atoms with van der Waals surface area (Å²) in [6.07, 6.45) is 3.74. The van der Waals surface area contributed by atoms with Crippen LogP contribution in [0.3, 0.4) is 0 Å². The Labute approximate surface area is 124 Å². The van der Waals surface area contributed by atoms with Crippen LogP contribution in [0.1, 0.15) is 46.1 Å². The Balaban J connectivity index is 2.01. The van der Waals surface area contributed by atoms with Gasteiger partial charge in [0.1, 0.15) is 0 Å². The van der Waals surface area contributed by atoms with Gasteiger partial charge in [0.2, 0.25) is 0 Å². The highest BCUT2D eigenvalue weighted by Crippen LogP contribution is 2.30. The predicted octanol–water partition coefficient (Wildman–Crippen LogP) is 3.85. The quantitative estimate of drug-likeness (QED) is 0.847. The minimum atomic E-state index is 0.554. The lowest BCUT2D eigenvalue weighted by Gasteiger charge is -2.39. The van der Waals surface area contributed by atoms with Gasteiger partial charge in [0.25, 0.3) is 0 Å². The van der Waals surface area contributed by atoms with Crippen molar-refractivity contribution in [3.8, 4) is 0 Å². The molecule has 0 amide bonds. The number of benzene rings is 1. The largest absolute Gasteiger partial charge is 0.367 e. The Morgan fingerprint density at radius 2 is 2.05 bits per heavy atom. The van der Waals surface area contributed by atoms with Gasteiger partial charge < -0.3 is 10.2 Å². The average molecular weight is 274 g/mol. The molecule has 0 spiro atoms. The summed E-state index contributed by atoms with van der Waals surface area (Å²) < 4.78 is 0. The summed E-state index contributed by atoms with van der Waals surface area (Å²) in [6.45, 7) is 11.5. The van der Waals surface area contributed by atoms with E-state index in [1.807, 2.05) is 0 Å². The number of hydrogen-bond donors (Lipinski definition) is 1. The van der Waals surface area contributed by atoms with Crippen LogP contribution in [0.25, 0.3) is 0 Å². The first-order valence-electron chi connectivity index (χ1n) is 8.19. The smallest absolute Gasteiger partial charge is 0.0401 e. The lowest BCUT2D eigenvalue weighted by atomic mass is 9.93. The number of para-hydroxylation sites is 1. The van der Waals surface area contributed by atoms with Gasteiger partial charge in [0.05, 0.1) is 0 Å². The molecule has 20 heavy (non-hydrogen) atoms. The molecule has 1 heterocycles. The van der Waals surface area contributed by atoms with Crippen molar-refractivity contribution in [1.29, 1.82) is 0 Å². The summed E-state index contributed by atoms with van der Waals surface area (Å²) in [4.78, 5) is 2.59. The van der Waals surface area contributed by atoms with Crippen LogP contribution in [0.4, 0.5) is 5.69 Å². The van der Waals surface area contributed by atoms with E-state index in [-0.39, 0.29) is 0 Å². The zero-order chi connectivity index (χ0) is 14.5. The van der Waals surface area contributed by atoms with Gasteiger partial charge >= 0.3 is 0 Å². The summed E-state index contributed by atoms with van der Waals surface area (Å²) in [5, 5.41) is 3.68. The van der Waals surface area contributed by atoms with Gasteiger partial charge in [-0.3, -0.25) is 0 Å². The molecular weight excluding hydrogens is 244 g/mol. The van der Waals surface area contributed by atoms with Crippen LogP contribution in [-0.2, 0) is 6.42 Å². The number of fused-ring (bicyclic) bond motifs is 1. The molecule has 2 nitrogen and oxygen atoms in total. The van der Waals surface area contributed by atoms with Gasteiger partial charge in [0, 0.05) is 30.9 Å². The topological polar surface area (TPSA) is 15.3 Å². The molecule has 1 aliphatic rings. The summed E-state index contributed by atoms with van der Waals surface area (Å²) in [7, 11) is 0.